The van der Waals surface area contributed by atoms with Gasteiger partial charge in [-0.3, -0.25) is 4.79 Å². The van der Waals surface area contributed by atoms with Crippen LogP contribution in [0.25, 0.3) is 22.2 Å². The summed E-state index contributed by atoms with van der Waals surface area (Å²) in [4.78, 5) is 12.1. The zero-order valence-corrected chi connectivity index (χ0v) is 16.0. The van der Waals surface area contributed by atoms with Crippen LogP contribution in [0.5, 0.6) is 5.75 Å². The zero-order valence-electron chi connectivity index (χ0n) is 14.4. The molecule has 4 aromatic rings. The van der Waals surface area contributed by atoms with Gasteiger partial charge in [-0.15, -0.1) is 10.2 Å². The number of aromatic nitrogens is 2. The molecule has 3 aromatic carbocycles. The summed E-state index contributed by atoms with van der Waals surface area (Å²) < 4.78 is 5.60. The van der Waals surface area contributed by atoms with Crippen molar-refractivity contribution >= 4 is 45.7 Å². The molecule has 0 aliphatic carbocycles. The molecule has 28 heavy (non-hydrogen) atoms. The molecule has 0 atom stereocenters. The van der Waals surface area contributed by atoms with Gasteiger partial charge in [0.25, 0.3) is 11.1 Å². The van der Waals surface area contributed by atoms with Gasteiger partial charge in [0.1, 0.15) is 5.75 Å². The molecule has 140 valence electrons. The molecule has 0 bridgehead atoms. The van der Waals surface area contributed by atoms with Gasteiger partial charge in [-0.25, -0.2) is 0 Å². The molecule has 0 saturated heterocycles. The van der Waals surface area contributed by atoms with Crippen molar-refractivity contribution in [1.82, 2.24) is 10.2 Å². The van der Waals surface area contributed by atoms with E-state index < -0.39 is 0 Å². The zero-order chi connectivity index (χ0) is 19.5. The number of amides is 1. The Hall–Kier alpha value is -3.03. The number of hydrogen-bond donors (Lipinski definition) is 2. The van der Waals surface area contributed by atoms with E-state index in [0.717, 1.165) is 22.5 Å². The minimum absolute atomic E-state index is 0.0533. The number of benzene rings is 3. The second kappa shape index (κ2) is 7.92. The summed E-state index contributed by atoms with van der Waals surface area (Å²) in [5.41, 5.74) is 1.06. The predicted molar refractivity (Wildman–Crippen MR) is 110 cm³/mol. The topological polar surface area (TPSA) is 88.2 Å². The molecule has 6 nitrogen and oxygen atoms in total. The van der Waals surface area contributed by atoms with Crippen LogP contribution >= 0.6 is 23.4 Å². The van der Waals surface area contributed by atoms with Crippen LogP contribution in [0.4, 0.5) is 5.69 Å². The Morgan fingerprint density at radius 1 is 1.07 bits per heavy atom. The standard InChI is InChI=1S/C20H14ClN3O3S/c21-14-6-3-7-15(10-14)22-18(26)11-28-20-24-23-19(27-20)16-8-12-4-1-2-5-13(12)9-17(16)25/h1-10,25H,11H2,(H,22,26). The fraction of sp³-hybridized carbons (Fsp3) is 0.0500. The average molecular weight is 412 g/mol. The number of rotatable bonds is 5. The third-order valence-electron chi connectivity index (χ3n) is 3.94. The van der Waals surface area contributed by atoms with Gasteiger partial charge in [0.15, 0.2) is 0 Å². The van der Waals surface area contributed by atoms with Crippen LogP contribution in [0.1, 0.15) is 0 Å². The summed E-state index contributed by atoms with van der Waals surface area (Å²) in [6.45, 7) is 0. The smallest absolute Gasteiger partial charge is 0.277 e. The van der Waals surface area contributed by atoms with Gasteiger partial charge in [0, 0.05) is 10.7 Å². The fourth-order valence-corrected chi connectivity index (χ4v) is 3.42. The van der Waals surface area contributed by atoms with Gasteiger partial charge in [-0.05, 0) is 41.1 Å². The van der Waals surface area contributed by atoms with Crippen molar-refractivity contribution in [2.45, 2.75) is 5.22 Å². The van der Waals surface area contributed by atoms with E-state index in [1.807, 2.05) is 24.3 Å². The van der Waals surface area contributed by atoms with Crippen molar-refractivity contribution in [1.29, 1.82) is 0 Å². The number of phenols is 1. The van der Waals surface area contributed by atoms with Crippen molar-refractivity contribution < 1.29 is 14.3 Å². The number of anilines is 1. The minimum Gasteiger partial charge on any atom is -0.507 e. The van der Waals surface area contributed by atoms with E-state index in [1.54, 1.807) is 36.4 Å². The second-order valence-electron chi connectivity index (χ2n) is 5.94. The number of halogens is 1. The van der Waals surface area contributed by atoms with Gasteiger partial charge in [-0.1, -0.05) is 53.7 Å². The number of nitrogens with one attached hydrogen (secondary N) is 1. The molecule has 0 aliphatic rings. The average Bonchev–Trinajstić information content (AvgIpc) is 3.14. The first-order valence-electron chi connectivity index (χ1n) is 8.32. The maximum atomic E-state index is 12.1. The van der Waals surface area contributed by atoms with E-state index in [0.29, 0.717) is 16.3 Å². The monoisotopic (exact) mass is 411 g/mol. The third kappa shape index (κ3) is 4.11. The van der Waals surface area contributed by atoms with Gasteiger partial charge in [0.05, 0.1) is 11.3 Å². The number of aromatic hydroxyl groups is 1. The Bertz CT molecular complexity index is 1160. The Morgan fingerprint density at radius 2 is 1.86 bits per heavy atom. The third-order valence-corrected chi connectivity index (χ3v) is 4.99. The van der Waals surface area contributed by atoms with Crippen LogP contribution in [0.3, 0.4) is 0 Å². The summed E-state index contributed by atoms with van der Waals surface area (Å²) in [5, 5.41) is 23.6. The van der Waals surface area contributed by atoms with Crippen molar-refractivity contribution in [2.75, 3.05) is 11.1 Å². The fourth-order valence-electron chi connectivity index (χ4n) is 2.67. The second-order valence-corrected chi connectivity index (χ2v) is 7.30. The van der Waals surface area contributed by atoms with Crippen LogP contribution in [0.2, 0.25) is 5.02 Å². The highest BCUT2D eigenvalue weighted by molar-refractivity contribution is 7.99. The van der Waals surface area contributed by atoms with Gasteiger partial charge < -0.3 is 14.8 Å². The van der Waals surface area contributed by atoms with E-state index in [9.17, 15) is 9.90 Å². The summed E-state index contributed by atoms with van der Waals surface area (Å²) in [5.74, 6) is 0.122. The molecule has 2 N–H and O–H groups in total. The van der Waals surface area contributed by atoms with Crippen molar-refractivity contribution in [3.8, 4) is 17.2 Å². The first-order chi connectivity index (χ1) is 13.6. The number of hydrogen-bond acceptors (Lipinski definition) is 6. The van der Waals surface area contributed by atoms with Gasteiger partial charge in [-0.2, -0.15) is 0 Å². The maximum Gasteiger partial charge on any atom is 0.277 e. The number of fused-ring (bicyclic) bond motifs is 1. The maximum absolute atomic E-state index is 12.1. The summed E-state index contributed by atoms with van der Waals surface area (Å²) in [7, 11) is 0. The minimum atomic E-state index is -0.222. The van der Waals surface area contributed by atoms with Crippen LogP contribution in [0, 0.1) is 0 Å². The highest BCUT2D eigenvalue weighted by atomic mass is 35.5. The lowest BCUT2D eigenvalue weighted by atomic mass is 10.1. The normalized spacial score (nSPS) is 10.9. The number of nitrogens with zero attached hydrogens (tertiary/aromatic N) is 2. The van der Waals surface area contributed by atoms with E-state index in [-0.39, 0.29) is 28.5 Å². The van der Waals surface area contributed by atoms with Crippen LogP contribution in [-0.4, -0.2) is 27.0 Å². The first-order valence-corrected chi connectivity index (χ1v) is 9.69. The largest absolute Gasteiger partial charge is 0.507 e. The first kappa shape index (κ1) is 18.3. The number of carbonyl (C=O) groups is 1. The van der Waals surface area contributed by atoms with Gasteiger partial charge in [0.2, 0.25) is 5.91 Å². The molecule has 0 unspecified atom stereocenters. The van der Waals surface area contributed by atoms with Crippen molar-refractivity contribution in [3.05, 3.63) is 65.7 Å². The molecule has 1 heterocycles. The summed E-state index contributed by atoms with van der Waals surface area (Å²) in [6, 6.07) is 18.0. The quantitative estimate of drug-likeness (QED) is 0.450. The van der Waals surface area contributed by atoms with Crippen LogP contribution < -0.4 is 5.32 Å². The Kier molecular flexibility index (Phi) is 5.18. The van der Waals surface area contributed by atoms with Crippen molar-refractivity contribution in [3.63, 3.8) is 0 Å². The predicted octanol–water partition coefficient (Wildman–Crippen LogP) is 4.98. The summed E-state index contributed by atoms with van der Waals surface area (Å²) in [6.07, 6.45) is 0. The summed E-state index contributed by atoms with van der Waals surface area (Å²) >= 11 is 7.01. The van der Waals surface area contributed by atoms with Crippen LogP contribution in [0.15, 0.2) is 70.3 Å². The van der Waals surface area contributed by atoms with E-state index >= 15 is 0 Å². The molecule has 0 saturated carbocycles. The highest BCUT2D eigenvalue weighted by Gasteiger charge is 2.15. The molecule has 0 aliphatic heterocycles. The molecular weight excluding hydrogens is 398 g/mol. The van der Waals surface area contributed by atoms with E-state index in [2.05, 4.69) is 15.5 Å². The van der Waals surface area contributed by atoms with E-state index in [4.69, 9.17) is 16.0 Å². The molecule has 8 heteroatoms. The Labute approximate surface area is 169 Å². The molecule has 1 amide bonds. The Morgan fingerprint density at radius 3 is 2.64 bits per heavy atom. The van der Waals surface area contributed by atoms with E-state index in [1.165, 1.54) is 0 Å². The van der Waals surface area contributed by atoms with Crippen LogP contribution in [-0.2, 0) is 4.79 Å². The number of thioether (sulfide) groups is 1. The highest BCUT2D eigenvalue weighted by Crippen LogP contribution is 2.33. The molecule has 0 fully saturated rings. The Balaban J connectivity index is 1.45. The number of carbonyl (C=O) groups excluding carboxylic acids is 1. The lowest BCUT2D eigenvalue weighted by molar-refractivity contribution is -0.113. The lowest BCUT2D eigenvalue weighted by Crippen LogP contribution is -2.13. The molecule has 0 radical (unpaired) electrons. The molecule has 4 rings (SSSR count). The molecule has 1 aromatic heterocycles. The molecular formula is C20H14ClN3O3S. The SMILES string of the molecule is O=C(CSc1nnc(-c2cc3ccccc3cc2O)o1)Nc1cccc(Cl)c1. The molecule has 0 spiro atoms. The lowest BCUT2D eigenvalue weighted by Gasteiger charge is -2.04. The van der Waals surface area contributed by atoms with Gasteiger partial charge >= 0.3 is 0 Å². The van der Waals surface area contributed by atoms with Crippen molar-refractivity contribution in [2.24, 2.45) is 0 Å². The number of phenolic OH excluding ortho intramolecular Hbond substituents is 1.